The van der Waals surface area contributed by atoms with Crippen LogP contribution >= 0.6 is 11.6 Å². The van der Waals surface area contributed by atoms with Crippen molar-refractivity contribution in [2.45, 2.75) is 25.8 Å². The molecule has 0 spiro atoms. The second-order valence-electron chi connectivity index (χ2n) is 5.23. The first kappa shape index (κ1) is 17.5. The van der Waals surface area contributed by atoms with Gasteiger partial charge in [0.1, 0.15) is 0 Å². The number of carbonyl (C=O) groups excluding carboxylic acids is 2. The van der Waals surface area contributed by atoms with E-state index in [1.165, 1.54) is 12.0 Å². The number of benzene rings is 1. The molecule has 1 aromatic carbocycles. The van der Waals surface area contributed by atoms with E-state index in [9.17, 15) is 14.7 Å². The number of aliphatic hydroxyl groups excluding tert-OH is 1. The van der Waals surface area contributed by atoms with Crippen LogP contribution in [0.5, 0.6) is 0 Å². The molecule has 21 heavy (non-hydrogen) atoms. The molecule has 0 saturated heterocycles. The first-order valence-corrected chi connectivity index (χ1v) is 6.95. The molecule has 116 valence electrons. The monoisotopic (exact) mass is 313 g/mol. The molecule has 1 rings (SSSR count). The van der Waals surface area contributed by atoms with Crippen LogP contribution < -0.4 is 0 Å². The predicted molar refractivity (Wildman–Crippen MR) is 80.3 cm³/mol. The van der Waals surface area contributed by atoms with E-state index in [1.54, 1.807) is 38.1 Å². The fourth-order valence-corrected chi connectivity index (χ4v) is 2.07. The van der Waals surface area contributed by atoms with Crippen molar-refractivity contribution in [1.82, 2.24) is 4.90 Å². The van der Waals surface area contributed by atoms with E-state index in [0.717, 1.165) is 0 Å². The maximum absolute atomic E-state index is 12.7. The number of methoxy groups -OCH3 is 1. The minimum Gasteiger partial charge on any atom is -0.469 e. The normalized spacial score (nSPS) is 11.1. The van der Waals surface area contributed by atoms with Crippen LogP contribution in [0.4, 0.5) is 0 Å². The lowest BCUT2D eigenvalue weighted by atomic mass is 10.0. The molecule has 6 heteroatoms. The summed E-state index contributed by atoms with van der Waals surface area (Å²) in [6, 6.07) is 6.68. The quantitative estimate of drug-likeness (QED) is 0.817. The number of hydrogen-bond donors (Lipinski definition) is 1. The second kappa shape index (κ2) is 7.43. The molecule has 5 nitrogen and oxygen atoms in total. The SMILES string of the molecule is COC(=O)CCN(C(=O)c1ccccc1Cl)C(C)(C)CO. The second-order valence-corrected chi connectivity index (χ2v) is 5.64. The van der Waals surface area contributed by atoms with Crippen LogP contribution in [0.15, 0.2) is 24.3 Å². The zero-order valence-corrected chi connectivity index (χ0v) is 13.2. The number of halogens is 1. The lowest BCUT2D eigenvalue weighted by Gasteiger charge is -2.37. The Morgan fingerprint density at radius 2 is 1.95 bits per heavy atom. The van der Waals surface area contributed by atoms with Gasteiger partial charge in [-0.15, -0.1) is 0 Å². The van der Waals surface area contributed by atoms with Crippen molar-refractivity contribution in [3.63, 3.8) is 0 Å². The molecule has 0 aliphatic rings. The molecule has 0 atom stereocenters. The van der Waals surface area contributed by atoms with Crippen LogP contribution in [-0.4, -0.2) is 47.7 Å². The number of rotatable bonds is 6. The zero-order chi connectivity index (χ0) is 16.0. The van der Waals surface area contributed by atoms with Gasteiger partial charge in [0.05, 0.1) is 36.3 Å². The van der Waals surface area contributed by atoms with Crippen molar-refractivity contribution in [2.24, 2.45) is 0 Å². The number of ether oxygens (including phenoxy) is 1. The Balaban J connectivity index is 3.04. The minimum atomic E-state index is -0.815. The zero-order valence-electron chi connectivity index (χ0n) is 12.4. The molecule has 0 aliphatic heterocycles. The third-order valence-corrected chi connectivity index (χ3v) is 3.56. The summed E-state index contributed by atoms with van der Waals surface area (Å²) in [6.45, 7) is 3.35. The molecule has 0 saturated carbocycles. The van der Waals surface area contributed by atoms with Crippen LogP contribution in [0.3, 0.4) is 0 Å². The lowest BCUT2D eigenvalue weighted by molar-refractivity contribution is -0.141. The molecule has 1 N–H and O–H groups in total. The van der Waals surface area contributed by atoms with Crippen LogP contribution in [0.25, 0.3) is 0 Å². The third-order valence-electron chi connectivity index (χ3n) is 3.23. The first-order chi connectivity index (χ1) is 9.83. The van der Waals surface area contributed by atoms with Gasteiger partial charge in [-0.05, 0) is 26.0 Å². The number of hydrogen-bond acceptors (Lipinski definition) is 4. The van der Waals surface area contributed by atoms with Gasteiger partial charge >= 0.3 is 5.97 Å². The summed E-state index contributed by atoms with van der Waals surface area (Å²) in [5.41, 5.74) is -0.477. The molecule has 0 radical (unpaired) electrons. The van der Waals surface area contributed by atoms with E-state index in [0.29, 0.717) is 10.6 Å². The molecule has 0 aliphatic carbocycles. The maximum atomic E-state index is 12.7. The third kappa shape index (κ3) is 4.44. The van der Waals surface area contributed by atoms with Crippen LogP contribution in [-0.2, 0) is 9.53 Å². The predicted octanol–water partition coefficient (Wildman–Crippen LogP) is 2.12. The highest BCUT2D eigenvalue weighted by molar-refractivity contribution is 6.33. The van der Waals surface area contributed by atoms with Gasteiger partial charge in [-0.2, -0.15) is 0 Å². The van der Waals surface area contributed by atoms with Crippen molar-refractivity contribution in [2.75, 3.05) is 20.3 Å². The Morgan fingerprint density at radius 1 is 1.33 bits per heavy atom. The number of esters is 1. The number of aliphatic hydroxyl groups is 1. The van der Waals surface area contributed by atoms with Crippen molar-refractivity contribution in [3.05, 3.63) is 34.9 Å². The highest BCUT2D eigenvalue weighted by atomic mass is 35.5. The van der Waals surface area contributed by atoms with E-state index < -0.39 is 11.5 Å². The van der Waals surface area contributed by atoms with Crippen molar-refractivity contribution in [1.29, 1.82) is 0 Å². The molecule has 0 unspecified atom stereocenters. The molecule has 1 aromatic rings. The Bertz CT molecular complexity index is 516. The Hall–Kier alpha value is -1.59. The van der Waals surface area contributed by atoms with E-state index in [1.807, 2.05) is 0 Å². The summed E-state index contributed by atoms with van der Waals surface area (Å²) in [5.74, 6) is -0.746. The van der Waals surface area contributed by atoms with Crippen molar-refractivity contribution >= 4 is 23.5 Å². The average Bonchev–Trinajstić information content (AvgIpc) is 2.47. The highest BCUT2D eigenvalue weighted by Crippen LogP contribution is 2.22. The largest absolute Gasteiger partial charge is 0.469 e. The van der Waals surface area contributed by atoms with Gasteiger partial charge in [0, 0.05) is 6.54 Å². The summed E-state index contributed by atoms with van der Waals surface area (Å²) < 4.78 is 4.59. The smallest absolute Gasteiger partial charge is 0.307 e. The molecule has 0 heterocycles. The molecular formula is C15H20ClNO4. The van der Waals surface area contributed by atoms with Gasteiger partial charge < -0.3 is 14.7 Å². The maximum Gasteiger partial charge on any atom is 0.307 e. The molecular weight excluding hydrogens is 294 g/mol. The number of amides is 1. The minimum absolute atomic E-state index is 0.0517. The molecule has 0 fully saturated rings. The Kier molecular flexibility index (Phi) is 6.18. The van der Waals surface area contributed by atoms with Crippen LogP contribution in [0, 0.1) is 0 Å². The van der Waals surface area contributed by atoms with E-state index in [4.69, 9.17) is 11.6 Å². The van der Waals surface area contributed by atoms with Crippen LogP contribution in [0.1, 0.15) is 30.6 Å². The van der Waals surface area contributed by atoms with E-state index in [2.05, 4.69) is 4.74 Å². The van der Waals surface area contributed by atoms with E-state index in [-0.39, 0.29) is 25.5 Å². The topological polar surface area (TPSA) is 66.8 Å². The van der Waals surface area contributed by atoms with Gasteiger partial charge in [-0.1, -0.05) is 23.7 Å². The lowest BCUT2D eigenvalue weighted by Crippen LogP contribution is -2.51. The highest BCUT2D eigenvalue weighted by Gasteiger charge is 2.32. The Labute approximate surface area is 129 Å². The molecule has 0 aromatic heterocycles. The van der Waals surface area contributed by atoms with Gasteiger partial charge in [-0.25, -0.2) is 0 Å². The first-order valence-electron chi connectivity index (χ1n) is 6.57. The van der Waals surface area contributed by atoms with Gasteiger partial charge in [0.25, 0.3) is 5.91 Å². The fraction of sp³-hybridized carbons (Fsp3) is 0.467. The van der Waals surface area contributed by atoms with Gasteiger partial charge in [0.2, 0.25) is 0 Å². The van der Waals surface area contributed by atoms with Gasteiger partial charge in [-0.3, -0.25) is 9.59 Å². The number of carbonyl (C=O) groups is 2. The summed E-state index contributed by atoms with van der Waals surface area (Å²) in [7, 11) is 1.29. The molecule has 1 amide bonds. The molecule has 0 bridgehead atoms. The van der Waals surface area contributed by atoms with E-state index >= 15 is 0 Å². The number of nitrogens with zero attached hydrogens (tertiary/aromatic N) is 1. The standard InChI is InChI=1S/C15H20ClNO4/c1-15(2,10-18)17(9-8-13(19)21-3)14(20)11-6-4-5-7-12(11)16/h4-7,18H,8-10H2,1-3H3. The average molecular weight is 314 g/mol. The fourth-order valence-electron chi connectivity index (χ4n) is 1.85. The summed E-state index contributed by atoms with van der Waals surface area (Å²) in [6.07, 6.45) is 0.0517. The van der Waals surface area contributed by atoms with Gasteiger partial charge in [0.15, 0.2) is 0 Å². The Morgan fingerprint density at radius 3 is 2.48 bits per heavy atom. The summed E-state index contributed by atoms with van der Waals surface area (Å²) in [5, 5.41) is 9.84. The van der Waals surface area contributed by atoms with Crippen LogP contribution in [0.2, 0.25) is 5.02 Å². The van der Waals surface area contributed by atoms with Crippen molar-refractivity contribution in [3.8, 4) is 0 Å². The van der Waals surface area contributed by atoms with Crippen molar-refractivity contribution < 1.29 is 19.4 Å². The summed E-state index contributed by atoms with van der Waals surface area (Å²) in [4.78, 5) is 25.4. The summed E-state index contributed by atoms with van der Waals surface area (Å²) >= 11 is 6.04.